The number of rotatable bonds is 10. The molecule has 0 radical (unpaired) electrons. The fourth-order valence-electron chi connectivity index (χ4n) is 5.66. The van der Waals surface area contributed by atoms with Gasteiger partial charge < -0.3 is 30.3 Å². The van der Waals surface area contributed by atoms with Gasteiger partial charge in [0.15, 0.2) is 6.23 Å². The third-order valence-electron chi connectivity index (χ3n) is 8.23. The first-order valence-corrected chi connectivity index (χ1v) is 15.2. The molecule has 13 heteroatoms. The van der Waals surface area contributed by atoms with Crippen molar-refractivity contribution in [1.82, 2.24) is 25.8 Å². The Kier molecular flexibility index (Phi) is 11.3. The molecule has 1 aliphatic heterocycles. The van der Waals surface area contributed by atoms with Crippen molar-refractivity contribution >= 4 is 17.9 Å². The summed E-state index contributed by atoms with van der Waals surface area (Å²) in [5.41, 5.74) is 2.94. The normalized spacial score (nSPS) is 20.1. The molecule has 0 saturated carbocycles. The molecule has 4 rings (SSSR count). The topological polar surface area (TPSA) is 112 Å². The summed E-state index contributed by atoms with van der Waals surface area (Å²) in [6.45, 7) is 6.48. The summed E-state index contributed by atoms with van der Waals surface area (Å²) in [7, 11) is 1.65. The van der Waals surface area contributed by atoms with Gasteiger partial charge >= 0.3 is 12.5 Å². The molecule has 3 amide bonds. The van der Waals surface area contributed by atoms with Crippen LogP contribution in [-0.4, -0.2) is 79.1 Å². The Morgan fingerprint density at radius 2 is 1.73 bits per heavy atom. The lowest BCUT2D eigenvalue weighted by Crippen LogP contribution is -2.62. The van der Waals surface area contributed by atoms with Crippen LogP contribution >= 0.6 is 0 Å². The standard InChI is InChI=1S/C32H42F3N5O5/c1-20(2)28(38-29(41)21(3)36-4)30(42)40-17-16-39(18-22-12-14-24(15-13-22)45-32(33,34)35)19-27(40)44-31(43)37-26-11-7-9-23-8-5-6-10-25(23)26/h5-6,8,10,12-15,20-21,26-28,36H,7,9,11,16-19H2,1-4H3,(H,37,43)(H,38,41)/t21-,26?,27-,28-/m0/s1. The van der Waals surface area contributed by atoms with Gasteiger partial charge in [-0.1, -0.05) is 50.2 Å². The fourth-order valence-corrected chi connectivity index (χ4v) is 5.66. The summed E-state index contributed by atoms with van der Waals surface area (Å²) in [4.78, 5) is 43.4. The van der Waals surface area contributed by atoms with Gasteiger partial charge in [-0.3, -0.25) is 14.5 Å². The summed E-state index contributed by atoms with van der Waals surface area (Å²) in [6.07, 6.45) is -3.82. The zero-order valence-electron chi connectivity index (χ0n) is 26.0. The van der Waals surface area contributed by atoms with Gasteiger partial charge in [0, 0.05) is 19.6 Å². The van der Waals surface area contributed by atoms with Gasteiger partial charge in [0.25, 0.3) is 0 Å². The highest BCUT2D eigenvalue weighted by Crippen LogP contribution is 2.30. The third-order valence-corrected chi connectivity index (χ3v) is 8.23. The molecule has 0 aromatic heterocycles. The molecular weight excluding hydrogens is 591 g/mol. The molecule has 4 atom stereocenters. The molecule has 3 N–H and O–H groups in total. The number of aryl methyl sites for hydroxylation is 1. The Hall–Kier alpha value is -3.84. The second kappa shape index (κ2) is 15.0. The number of fused-ring (bicyclic) bond motifs is 1. The van der Waals surface area contributed by atoms with Crippen LogP contribution in [0.4, 0.5) is 18.0 Å². The van der Waals surface area contributed by atoms with Crippen LogP contribution in [0.15, 0.2) is 48.5 Å². The first-order valence-electron chi connectivity index (χ1n) is 15.2. The number of alkyl carbamates (subject to hydrolysis) is 1. The summed E-state index contributed by atoms with van der Waals surface area (Å²) >= 11 is 0. The van der Waals surface area contributed by atoms with E-state index in [0.29, 0.717) is 13.1 Å². The minimum atomic E-state index is -4.78. The van der Waals surface area contributed by atoms with E-state index in [-0.39, 0.29) is 42.6 Å². The second-order valence-electron chi connectivity index (χ2n) is 11.8. The number of hydrogen-bond donors (Lipinski definition) is 3. The van der Waals surface area contributed by atoms with E-state index in [1.807, 2.05) is 43.0 Å². The summed E-state index contributed by atoms with van der Waals surface area (Å²) < 4.78 is 47.6. The number of carbonyl (C=O) groups excluding carboxylic acids is 3. The van der Waals surface area contributed by atoms with E-state index < -0.39 is 30.8 Å². The monoisotopic (exact) mass is 633 g/mol. The molecule has 0 spiro atoms. The summed E-state index contributed by atoms with van der Waals surface area (Å²) in [5.74, 6) is -1.25. The van der Waals surface area contributed by atoms with Gasteiger partial charge in [-0.15, -0.1) is 13.2 Å². The Morgan fingerprint density at radius 1 is 1.02 bits per heavy atom. The van der Waals surface area contributed by atoms with Crippen molar-refractivity contribution in [3.05, 3.63) is 65.2 Å². The minimum Gasteiger partial charge on any atom is -0.424 e. The van der Waals surface area contributed by atoms with Gasteiger partial charge in [-0.2, -0.15) is 0 Å². The predicted octanol–water partition coefficient (Wildman–Crippen LogP) is 4.11. The molecule has 2 aromatic carbocycles. The lowest BCUT2D eigenvalue weighted by Gasteiger charge is -2.42. The average Bonchev–Trinajstić information content (AvgIpc) is 2.99. The average molecular weight is 634 g/mol. The molecule has 1 fully saturated rings. The van der Waals surface area contributed by atoms with Crippen LogP contribution in [0, 0.1) is 5.92 Å². The van der Waals surface area contributed by atoms with Gasteiger partial charge in [0.05, 0.1) is 18.6 Å². The van der Waals surface area contributed by atoms with E-state index in [2.05, 4.69) is 20.7 Å². The maximum absolute atomic E-state index is 13.9. The molecular formula is C32H42F3N5O5. The van der Waals surface area contributed by atoms with Crippen LogP contribution in [0.3, 0.4) is 0 Å². The van der Waals surface area contributed by atoms with Crippen LogP contribution < -0.4 is 20.7 Å². The molecule has 0 bridgehead atoms. The van der Waals surface area contributed by atoms with E-state index in [4.69, 9.17) is 4.74 Å². The number of carbonyl (C=O) groups is 3. The number of nitrogens with one attached hydrogen (secondary N) is 3. The van der Waals surface area contributed by atoms with Gasteiger partial charge in [0.2, 0.25) is 11.8 Å². The number of halogens is 3. The van der Waals surface area contributed by atoms with Crippen LogP contribution in [0.25, 0.3) is 0 Å². The van der Waals surface area contributed by atoms with Gasteiger partial charge in [0.1, 0.15) is 11.8 Å². The number of hydrogen-bond acceptors (Lipinski definition) is 7. The Balaban J connectivity index is 1.50. The number of nitrogens with zero attached hydrogens (tertiary/aromatic N) is 2. The molecule has 2 aliphatic rings. The van der Waals surface area contributed by atoms with E-state index in [1.165, 1.54) is 34.7 Å². The number of piperazine rings is 1. The SMILES string of the molecule is CN[C@@H](C)C(=O)N[C@H](C(=O)N1CCN(Cc2ccc(OC(F)(F)F)cc2)C[C@@H]1OC(=O)NC1CCCc2ccccc21)C(C)C. The Bertz CT molecular complexity index is 1320. The molecule has 1 unspecified atom stereocenters. The molecule has 2 aromatic rings. The van der Waals surface area contributed by atoms with Crippen molar-refractivity contribution in [3.63, 3.8) is 0 Å². The maximum atomic E-state index is 13.9. The number of amides is 3. The van der Waals surface area contributed by atoms with Crippen molar-refractivity contribution in [1.29, 1.82) is 0 Å². The van der Waals surface area contributed by atoms with E-state index in [9.17, 15) is 27.6 Å². The summed E-state index contributed by atoms with van der Waals surface area (Å²) in [6, 6.07) is 11.9. The molecule has 1 saturated heterocycles. The highest BCUT2D eigenvalue weighted by Gasteiger charge is 2.39. The molecule has 45 heavy (non-hydrogen) atoms. The molecule has 10 nitrogen and oxygen atoms in total. The highest BCUT2D eigenvalue weighted by atomic mass is 19.4. The van der Waals surface area contributed by atoms with Crippen molar-refractivity contribution < 1.29 is 37.0 Å². The van der Waals surface area contributed by atoms with Crippen molar-refractivity contribution in [2.24, 2.45) is 5.92 Å². The molecule has 1 aliphatic carbocycles. The minimum absolute atomic E-state index is 0.160. The van der Waals surface area contributed by atoms with Crippen LogP contribution in [-0.2, 0) is 27.3 Å². The highest BCUT2D eigenvalue weighted by molar-refractivity contribution is 5.90. The van der Waals surface area contributed by atoms with Gasteiger partial charge in [-0.05, 0) is 68.0 Å². The fraction of sp³-hybridized carbons (Fsp3) is 0.531. The largest absolute Gasteiger partial charge is 0.573 e. The van der Waals surface area contributed by atoms with Crippen molar-refractivity contribution in [2.45, 2.75) is 77.3 Å². The van der Waals surface area contributed by atoms with Gasteiger partial charge in [-0.25, -0.2) is 4.79 Å². The first kappa shape index (κ1) is 34.0. The van der Waals surface area contributed by atoms with Crippen LogP contribution in [0.5, 0.6) is 5.75 Å². The Morgan fingerprint density at radius 3 is 2.40 bits per heavy atom. The Labute approximate surface area is 261 Å². The lowest BCUT2D eigenvalue weighted by atomic mass is 9.88. The van der Waals surface area contributed by atoms with Crippen LogP contribution in [0.2, 0.25) is 0 Å². The second-order valence-corrected chi connectivity index (χ2v) is 11.8. The number of likely N-dealkylation sites (N-methyl/N-ethyl adjacent to an activating group) is 1. The van der Waals surface area contributed by atoms with Crippen molar-refractivity contribution in [3.8, 4) is 5.75 Å². The predicted molar refractivity (Wildman–Crippen MR) is 161 cm³/mol. The zero-order valence-corrected chi connectivity index (χ0v) is 26.0. The summed E-state index contributed by atoms with van der Waals surface area (Å²) in [5, 5.41) is 8.68. The van der Waals surface area contributed by atoms with E-state index in [1.54, 1.807) is 14.0 Å². The lowest BCUT2D eigenvalue weighted by molar-refractivity contribution is -0.274. The third kappa shape index (κ3) is 9.33. The molecule has 246 valence electrons. The number of benzene rings is 2. The smallest absolute Gasteiger partial charge is 0.424 e. The zero-order chi connectivity index (χ0) is 32.7. The van der Waals surface area contributed by atoms with Crippen molar-refractivity contribution in [2.75, 3.05) is 26.7 Å². The quantitative estimate of drug-likeness (QED) is 0.361. The molecule has 1 heterocycles. The van der Waals surface area contributed by atoms with E-state index >= 15 is 0 Å². The van der Waals surface area contributed by atoms with E-state index in [0.717, 1.165) is 30.4 Å². The number of ether oxygens (including phenoxy) is 2. The number of alkyl halides is 3. The van der Waals surface area contributed by atoms with Crippen LogP contribution in [0.1, 0.15) is 56.3 Å². The maximum Gasteiger partial charge on any atom is 0.573 e. The first-order chi connectivity index (χ1) is 21.3.